The average molecular weight is 277 g/mol. The average Bonchev–Trinajstić information content (AvgIpc) is 2.96. The summed E-state index contributed by atoms with van der Waals surface area (Å²) in [6.45, 7) is 0.754. The molecule has 1 heterocycles. The molecule has 0 unspecified atom stereocenters. The fourth-order valence-corrected chi connectivity index (χ4v) is 1.64. The van der Waals surface area contributed by atoms with Crippen LogP contribution in [0.1, 0.15) is 18.4 Å². The molecule has 0 bridgehead atoms. The van der Waals surface area contributed by atoms with Gasteiger partial charge in [0.15, 0.2) is 11.6 Å². The lowest BCUT2D eigenvalue weighted by atomic mass is 10.3. The predicted octanol–water partition coefficient (Wildman–Crippen LogP) is 2.02. The molecular weight excluding hydrogens is 261 g/mol. The molecule has 0 aliphatic heterocycles. The van der Waals surface area contributed by atoms with Crippen molar-refractivity contribution in [3.05, 3.63) is 48.0 Å². The molecule has 1 aromatic heterocycles. The van der Waals surface area contributed by atoms with Gasteiger partial charge in [0, 0.05) is 24.7 Å². The van der Waals surface area contributed by atoms with Crippen molar-refractivity contribution in [2.24, 2.45) is 0 Å². The number of carbonyl (C=O) groups excluding carboxylic acids is 1. The number of ether oxygens (including phenoxy) is 1. The van der Waals surface area contributed by atoms with Crippen molar-refractivity contribution in [3.63, 3.8) is 0 Å². The maximum atomic E-state index is 13.2. The van der Waals surface area contributed by atoms with Crippen molar-refractivity contribution < 1.29 is 13.9 Å². The SMILES string of the molecule is O=C(CCCOc1ccccc1F)NCc1cn[nH]c1. The lowest BCUT2D eigenvalue weighted by Gasteiger charge is -2.07. The molecule has 0 saturated carbocycles. The minimum absolute atomic E-state index is 0.0664. The number of para-hydroxylation sites is 1. The minimum atomic E-state index is -0.392. The maximum absolute atomic E-state index is 13.2. The number of H-pyrrole nitrogens is 1. The molecule has 5 nitrogen and oxygen atoms in total. The van der Waals surface area contributed by atoms with Gasteiger partial charge in [-0.2, -0.15) is 5.10 Å². The molecule has 0 saturated heterocycles. The summed E-state index contributed by atoms with van der Waals surface area (Å²) < 4.78 is 18.5. The van der Waals surface area contributed by atoms with E-state index in [2.05, 4.69) is 15.5 Å². The first-order valence-corrected chi connectivity index (χ1v) is 6.37. The molecule has 1 amide bonds. The van der Waals surface area contributed by atoms with E-state index in [0.29, 0.717) is 26.0 Å². The lowest BCUT2D eigenvalue weighted by Crippen LogP contribution is -2.22. The summed E-state index contributed by atoms with van der Waals surface area (Å²) in [6.07, 6.45) is 4.25. The highest BCUT2D eigenvalue weighted by atomic mass is 19.1. The van der Waals surface area contributed by atoms with Crippen molar-refractivity contribution in [2.75, 3.05) is 6.61 Å². The van der Waals surface area contributed by atoms with E-state index < -0.39 is 5.82 Å². The smallest absolute Gasteiger partial charge is 0.220 e. The number of nitrogens with one attached hydrogen (secondary N) is 2. The zero-order chi connectivity index (χ0) is 14.2. The number of aromatic amines is 1. The number of hydrogen-bond acceptors (Lipinski definition) is 3. The number of halogens is 1. The number of rotatable bonds is 7. The van der Waals surface area contributed by atoms with Crippen molar-refractivity contribution in [2.45, 2.75) is 19.4 Å². The molecule has 0 spiro atoms. The molecule has 0 radical (unpaired) electrons. The van der Waals surface area contributed by atoms with Crippen LogP contribution in [0.2, 0.25) is 0 Å². The number of amides is 1. The van der Waals surface area contributed by atoms with Crippen LogP contribution in [0.25, 0.3) is 0 Å². The van der Waals surface area contributed by atoms with E-state index in [1.54, 1.807) is 30.6 Å². The monoisotopic (exact) mass is 277 g/mol. The van der Waals surface area contributed by atoms with Crippen LogP contribution in [0, 0.1) is 5.82 Å². The van der Waals surface area contributed by atoms with Gasteiger partial charge in [-0.25, -0.2) is 4.39 Å². The molecular formula is C14H16FN3O2. The maximum Gasteiger partial charge on any atom is 0.220 e. The van der Waals surface area contributed by atoms with Gasteiger partial charge in [-0.15, -0.1) is 0 Å². The van der Waals surface area contributed by atoms with E-state index in [9.17, 15) is 9.18 Å². The molecule has 2 N–H and O–H groups in total. The Labute approximate surface area is 116 Å². The van der Waals surface area contributed by atoms with Crippen LogP contribution in [0.3, 0.4) is 0 Å². The summed E-state index contributed by atoms with van der Waals surface area (Å²) in [5.74, 6) is -0.244. The van der Waals surface area contributed by atoms with E-state index in [-0.39, 0.29) is 11.7 Å². The summed E-state index contributed by atoms with van der Waals surface area (Å²) in [5.41, 5.74) is 0.918. The molecule has 0 fully saturated rings. The Kier molecular flexibility index (Phi) is 5.11. The topological polar surface area (TPSA) is 67.0 Å². The van der Waals surface area contributed by atoms with Crippen LogP contribution in [-0.2, 0) is 11.3 Å². The number of nitrogens with zero attached hydrogens (tertiary/aromatic N) is 1. The second-order valence-electron chi connectivity index (χ2n) is 4.27. The fraction of sp³-hybridized carbons (Fsp3) is 0.286. The predicted molar refractivity (Wildman–Crippen MR) is 71.6 cm³/mol. The molecule has 0 aliphatic rings. The van der Waals surface area contributed by atoms with Crippen LogP contribution in [0.4, 0.5) is 4.39 Å². The Hall–Kier alpha value is -2.37. The fourth-order valence-electron chi connectivity index (χ4n) is 1.64. The molecule has 20 heavy (non-hydrogen) atoms. The first-order valence-electron chi connectivity index (χ1n) is 6.37. The molecule has 2 rings (SSSR count). The second-order valence-corrected chi connectivity index (χ2v) is 4.27. The third-order valence-corrected chi connectivity index (χ3v) is 2.69. The van der Waals surface area contributed by atoms with E-state index in [0.717, 1.165) is 5.56 Å². The number of aromatic nitrogens is 2. The first kappa shape index (κ1) is 14.0. The summed E-state index contributed by atoms with van der Waals surface area (Å²) in [7, 11) is 0. The Morgan fingerprint density at radius 3 is 3.00 bits per heavy atom. The third-order valence-electron chi connectivity index (χ3n) is 2.69. The number of hydrogen-bond donors (Lipinski definition) is 2. The van der Waals surface area contributed by atoms with Crippen LogP contribution in [0.15, 0.2) is 36.7 Å². The van der Waals surface area contributed by atoms with Crippen molar-refractivity contribution in [1.82, 2.24) is 15.5 Å². The van der Waals surface area contributed by atoms with Crippen molar-refractivity contribution >= 4 is 5.91 Å². The van der Waals surface area contributed by atoms with E-state index in [1.165, 1.54) is 6.07 Å². The lowest BCUT2D eigenvalue weighted by molar-refractivity contribution is -0.121. The molecule has 1 aromatic carbocycles. The van der Waals surface area contributed by atoms with Crippen molar-refractivity contribution in [1.29, 1.82) is 0 Å². The highest BCUT2D eigenvalue weighted by molar-refractivity contribution is 5.75. The quantitative estimate of drug-likeness (QED) is 0.761. The molecule has 106 valence electrons. The summed E-state index contributed by atoms with van der Waals surface area (Å²) in [5, 5.41) is 9.22. The molecule has 0 aliphatic carbocycles. The summed E-state index contributed by atoms with van der Waals surface area (Å²) in [6, 6.07) is 6.21. The molecule has 2 aromatic rings. The van der Waals surface area contributed by atoms with Crippen molar-refractivity contribution in [3.8, 4) is 5.75 Å². The second kappa shape index (κ2) is 7.28. The minimum Gasteiger partial charge on any atom is -0.491 e. The number of benzene rings is 1. The van der Waals surface area contributed by atoms with Gasteiger partial charge in [0.25, 0.3) is 0 Å². The van der Waals surface area contributed by atoms with E-state index in [1.807, 2.05) is 0 Å². The highest BCUT2D eigenvalue weighted by Gasteiger charge is 2.04. The van der Waals surface area contributed by atoms with Gasteiger partial charge in [0.2, 0.25) is 5.91 Å². The van der Waals surface area contributed by atoms with Gasteiger partial charge in [0.05, 0.1) is 12.8 Å². The Balaban J connectivity index is 1.61. The third kappa shape index (κ3) is 4.38. The summed E-state index contributed by atoms with van der Waals surface area (Å²) in [4.78, 5) is 11.5. The zero-order valence-electron chi connectivity index (χ0n) is 10.9. The van der Waals surface area contributed by atoms with Crippen LogP contribution in [-0.4, -0.2) is 22.7 Å². The van der Waals surface area contributed by atoms with E-state index in [4.69, 9.17) is 4.74 Å². The molecule has 0 atom stereocenters. The normalized spacial score (nSPS) is 10.2. The zero-order valence-corrected chi connectivity index (χ0v) is 10.9. The first-order chi connectivity index (χ1) is 9.75. The number of carbonyl (C=O) groups is 1. The van der Waals surface area contributed by atoms with Gasteiger partial charge in [0.1, 0.15) is 0 Å². The Morgan fingerprint density at radius 2 is 2.25 bits per heavy atom. The highest BCUT2D eigenvalue weighted by Crippen LogP contribution is 2.15. The van der Waals surface area contributed by atoms with Gasteiger partial charge in [-0.3, -0.25) is 9.89 Å². The van der Waals surface area contributed by atoms with Gasteiger partial charge < -0.3 is 10.1 Å². The van der Waals surface area contributed by atoms with Gasteiger partial charge >= 0.3 is 0 Å². The Morgan fingerprint density at radius 1 is 1.40 bits per heavy atom. The van der Waals surface area contributed by atoms with Crippen LogP contribution >= 0.6 is 0 Å². The Bertz CT molecular complexity index is 543. The van der Waals surface area contributed by atoms with Gasteiger partial charge in [-0.1, -0.05) is 12.1 Å². The van der Waals surface area contributed by atoms with Gasteiger partial charge in [-0.05, 0) is 18.6 Å². The summed E-state index contributed by atoms with van der Waals surface area (Å²) >= 11 is 0. The largest absolute Gasteiger partial charge is 0.491 e. The van der Waals surface area contributed by atoms with Crippen LogP contribution < -0.4 is 10.1 Å². The van der Waals surface area contributed by atoms with E-state index >= 15 is 0 Å². The molecule has 6 heteroatoms. The standard InChI is InChI=1S/C14H16FN3O2/c15-12-4-1-2-5-13(12)20-7-3-6-14(19)16-8-11-9-17-18-10-11/h1-2,4-5,9-10H,3,6-8H2,(H,16,19)(H,17,18). The van der Waals surface area contributed by atoms with Crippen LogP contribution in [0.5, 0.6) is 5.75 Å².